The number of piperidine rings is 1. The van der Waals surface area contributed by atoms with Crippen molar-refractivity contribution in [1.82, 2.24) is 5.32 Å². The molecule has 3 aromatic carbocycles. The zero-order chi connectivity index (χ0) is 23.5. The van der Waals surface area contributed by atoms with E-state index in [1.54, 1.807) is 29.2 Å². The summed E-state index contributed by atoms with van der Waals surface area (Å²) in [5.41, 5.74) is 11.9. The highest BCUT2D eigenvalue weighted by Crippen LogP contribution is 2.41. The Labute approximate surface area is 209 Å². The lowest BCUT2D eigenvalue weighted by Gasteiger charge is -2.36. The summed E-state index contributed by atoms with van der Waals surface area (Å²) in [5.74, 6) is 1.87. The summed E-state index contributed by atoms with van der Waals surface area (Å²) in [7, 11) is 0. The number of fused-ring (bicyclic) bond motifs is 6. The van der Waals surface area contributed by atoms with Crippen LogP contribution in [0, 0.1) is 11.8 Å². The summed E-state index contributed by atoms with van der Waals surface area (Å²) >= 11 is 0. The molecular weight excluding hydrogens is 426 g/mol. The minimum atomic E-state index is 0.920. The van der Waals surface area contributed by atoms with Crippen LogP contribution in [0.3, 0.4) is 0 Å². The van der Waals surface area contributed by atoms with Gasteiger partial charge in [0.05, 0.1) is 6.34 Å². The van der Waals surface area contributed by atoms with Gasteiger partial charge < -0.3 is 10.6 Å². The molecule has 2 aliphatic carbocycles. The van der Waals surface area contributed by atoms with Crippen LogP contribution in [0.15, 0.2) is 71.9 Å². The molecule has 1 atom stereocenters. The van der Waals surface area contributed by atoms with Crippen molar-refractivity contribution in [2.24, 2.45) is 16.8 Å². The van der Waals surface area contributed by atoms with Crippen LogP contribution >= 0.6 is 0 Å². The number of hydrogen-bond acceptors (Lipinski definition) is 3. The molecule has 35 heavy (non-hydrogen) atoms. The molecule has 1 unspecified atom stereocenters. The van der Waals surface area contributed by atoms with Gasteiger partial charge in [-0.2, -0.15) is 0 Å². The molecular formula is C32H35N3. The number of aryl methyl sites for hydroxylation is 2. The zero-order valence-corrected chi connectivity index (χ0v) is 20.5. The average Bonchev–Trinajstić information content (AvgIpc) is 3.19. The van der Waals surface area contributed by atoms with Crippen molar-refractivity contribution in [3.05, 3.63) is 94.7 Å². The lowest BCUT2D eigenvalue weighted by molar-refractivity contribution is 0.237. The Morgan fingerprint density at radius 3 is 2.49 bits per heavy atom. The van der Waals surface area contributed by atoms with E-state index in [4.69, 9.17) is 0 Å². The Morgan fingerprint density at radius 1 is 0.686 bits per heavy atom. The van der Waals surface area contributed by atoms with E-state index in [0.29, 0.717) is 0 Å². The molecule has 0 bridgehead atoms. The van der Waals surface area contributed by atoms with Gasteiger partial charge in [-0.15, -0.1) is 0 Å². The van der Waals surface area contributed by atoms with Crippen molar-refractivity contribution < 1.29 is 0 Å². The van der Waals surface area contributed by atoms with Gasteiger partial charge in [0, 0.05) is 11.9 Å². The number of hydrogen-bond donors (Lipinski definition) is 2. The van der Waals surface area contributed by atoms with Gasteiger partial charge in [-0.1, -0.05) is 54.6 Å². The third-order valence-electron chi connectivity index (χ3n) is 8.38. The first-order valence-electron chi connectivity index (χ1n) is 13.3. The predicted octanol–water partition coefficient (Wildman–Crippen LogP) is 6.67. The lowest BCUT2D eigenvalue weighted by Crippen LogP contribution is -2.34. The average molecular weight is 462 g/mol. The van der Waals surface area contributed by atoms with Gasteiger partial charge in [0.15, 0.2) is 0 Å². The van der Waals surface area contributed by atoms with Crippen molar-refractivity contribution >= 4 is 18.1 Å². The van der Waals surface area contributed by atoms with Crippen LogP contribution < -0.4 is 10.6 Å². The largest absolute Gasteiger partial charge is 0.346 e. The third kappa shape index (κ3) is 4.70. The van der Waals surface area contributed by atoms with Crippen molar-refractivity contribution in [3.8, 4) is 11.1 Å². The van der Waals surface area contributed by atoms with E-state index in [1.165, 1.54) is 80.3 Å². The summed E-state index contributed by atoms with van der Waals surface area (Å²) in [6.07, 6.45) is 14.7. The Kier molecular flexibility index (Phi) is 6.51. The number of nitrogens with zero attached hydrogens (tertiary/aromatic N) is 1. The Hall–Kier alpha value is -3.17. The molecule has 3 nitrogen and oxygen atoms in total. The summed E-state index contributed by atoms with van der Waals surface area (Å²) in [5, 5.41) is 6.60. The van der Waals surface area contributed by atoms with E-state index < -0.39 is 0 Å². The van der Waals surface area contributed by atoms with Gasteiger partial charge >= 0.3 is 0 Å². The number of anilines is 1. The SMILES string of the molecule is C1=Cc2ccccc2NC=N1.c1ccc2c(c1)CCc1c-2ccc2c1CC(C1CCNCC1)CC2. The van der Waals surface area contributed by atoms with E-state index in [9.17, 15) is 0 Å². The number of nitrogens with one attached hydrogen (secondary N) is 2. The monoisotopic (exact) mass is 461 g/mol. The molecule has 2 N–H and O–H groups in total. The third-order valence-corrected chi connectivity index (χ3v) is 8.38. The molecule has 0 amide bonds. The summed E-state index contributed by atoms with van der Waals surface area (Å²) in [6, 6.07) is 22.0. The van der Waals surface area contributed by atoms with E-state index in [1.807, 2.05) is 30.3 Å². The van der Waals surface area contributed by atoms with Crippen molar-refractivity contribution in [2.75, 3.05) is 18.4 Å². The van der Waals surface area contributed by atoms with Gasteiger partial charge in [-0.05, 0) is 121 Å². The highest BCUT2D eigenvalue weighted by atomic mass is 14.9. The zero-order valence-electron chi connectivity index (χ0n) is 20.5. The fourth-order valence-corrected chi connectivity index (χ4v) is 6.50. The summed E-state index contributed by atoms with van der Waals surface area (Å²) in [4.78, 5) is 3.97. The van der Waals surface area contributed by atoms with Crippen molar-refractivity contribution in [1.29, 1.82) is 0 Å². The van der Waals surface area contributed by atoms with Crippen LogP contribution in [-0.2, 0) is 25.7 Å². The van der Waals surface area contributed by atoms with Crippen LogP contribution in [-0.4, -0.2) is 19.4 Å². The van der Waals surface area contributed by atoms with E-state index in [-0.39, 0.29) is 0 Å². The summed E-state index contributed by atoms with van der Waals surface area (Å²) < 4.78 is 0. The van der Waals surface area contributed by atoms with Crippen LogP contribution in [0.1, 0.15) is 47.1 Å². The smallest absolute Gasteiger partial charge is 0.0923 e. The molecule has 1 saturated heterocycles. The lowest BCUT2D eigenvalue weighted by atomic mass is 9.70. The standard InChI is InChI=1S/C23H27N.C9H8N2/c1-2-4-20-17(3-1)7-10-22-21(20)9-8-18-5-6-19(15-23(18)22)16-11-13-24-14-12-16;1-2-4-9-8(3-1)5-6-10-7-11-9/h1-4,8-9,16,19,24H,5-7,10-15H2;1-7H,(H,10,11). The highest BCUT2D eigenvalue weighted by Gasteiger charge is 2.30. The maximum atomic E-state index is 3.97. The molecule has 3 heteroatoms. The van der Waals surface area contributed by atoms with Crippen LogP contribution in [0.2, 0.25) is 0 Å². The molecule has 7 rings (SSSR count). The molecule has 1 fully saturated rings. The van der Waals surface area contributed by atoms with Gasteiger partial charge in [0.25, 0.3) is 0 Å². The molecule has 3 aromatic rings. The van der Waals surface area contributed by atoms with Gasteiger partial charge in [-0.3, -0.25) is 0 Å². The quantitative estimate of drug-likeness (QED) is 0.425. The van der Waals surface area contributed by atoms with Crippen molar-refractivity contribution in [3.63, 3.8) is 0 Å². The number of para-hydroxylation sites is 1. The highest BCUT2D eigenvalue weighted by molar-refractivity contribution is 5.83. The first-order chi connectivity index (χ1) is 17.4. The van der Waals surface area contributed by atoms with E-state index in [2.05, 4.69) is 52.0 Å². The summed E-state index contributed by atoms with van der Waals surface area (Å²) in [6.45, 7) is 2.46. The van der Waals surface area contributed by atoms with Gasteiger partial charge in [-0.25, -0.2) is 4.99 Å². The van der Waals surface area contributed by atoms with E-state index in [0.717, 1.165) is 17.5 Å². The molecule has 4 aliphatic rings. The number of rotatable bonds is 1. The minimum absolute atomic E-state index is 0.920. The van der Waals surface area contributed by atoms with Crippen LogP contribution in [0.25, 0.3) is 17.2 Å². The predicted molar refractivity (Wildman–Crippen MR) is 148 cm³/mol. The topological polar surface area (TPSA) is 36.4 Å². The molecule has 2 heterocycles. The minimum Gasteiger partial charge on any atom is -0.346 e. The van der Waals surface area contributed by atoms with Crippen LogP contribution in [0.4, 0.5) is 5.69 Å². The number of aliphatic imine (C=N–C) groups is 1. The van der Waals surface area contributed by atoms with Crippen LogP contribution in [0.5, 0.6) is 0 Å². The fraction of sp³-hybridized carbons (Fsp3) is 0.344. The molecule has 0 spiro atoms. The maximum absolute atomic E-state index is 3.97. The second-order valence-electron chi connectivity index (χ2n) is 10.3. The molecule has 0 radical (unpaired) electrons. The Balaban J connectivity index is 0.000000174. The first-order valence-corrected chi connectivity index (χ1v) is 13.3. The Morgan fingerprint density at radius 2 is 1.54 bits per heavy atom. The number of benzene rings is 3. The Bertz CT molecular complexity index is 1250. The maximum Gasteiger partial charge on any atom is 0.0923 e. The van der Waals surface area contributed by atoms with Gasteiger partial charge in [0.1, 0.15) is 0 Å². The second kappa shape index (κ2) is 10.2. The van der Waals surface area contributed by atoms with Crippen molar-refractivity contribution in [2.45, 2.75) is 44.9 Å². The fourth-order valence-electron chi connectivity index (χ4n) is 6.50. The molecule has 0 saturated carbocycles. The molecule has 0 aromatic heterocycles. The molecule has 2 aliphatic heterocycles. The molecule has 178 valence electrons. The van der Waals surface area contributed by atoms with E-state index >= 15 is 0 Å². The van der Waals surface area contributed by atoms with Gasteiger partial charge in [0.2, 0.25) is 0 Å². The normalized spacial score (nSPS) is 20.2. The first kappa shape index (κ1) is 22.3. The second-order valence-corrected chi connectivity index (χ2v) is 10.3.